The van der Waals surface area contributed by atoms with E-state index >= 15 is 0 Å². The highest BCUT2D eigenvalue weighted by molar-refractivity contribution is 9.10. The molecule has 2 N–H and O–H groups in total. The van der Waals surface area contributed by atoms with Crippen LogP contribution in [0.25, 0.3) is 0 Å². The van der Waals surface area contributed by atoms with Crippen molar-refractivity contribution in [1.29, 1.82) is 0 Å². The van der Waals surface area contributed by atoms with E-state index in [1.165, 1.54) is 19.4 Å². The van der Waals surface area contributed by atoms with Gasteiger partial charge in [0.2, 0.25) is 0 Å². The normalized spacial score (nSPS) is 16.2. The highest BCUT2D eigenvalue weighted by Gasteiger charge is 2.22. The Hall–Kier alpha value is -2.09. The number of carbonyl (C=O) groups excluding carboxylic acids is 1. The number of rotatable bonds is 11. The van der Waals surface area contributed by atoms with Crippen LogP contribution in [0.3, 0.4) is 0 Å². The molecule has 1 atom stereocenters. The second-order valence-electron chi connectivity index (χ2n) is 8.10. The summed E-state index contributed by atoms with van der Waals surface area (Å²) >= 11 is 3.60. The Morgan fingerprint density at radius 2 is 1.97 bits per heavy atom. The quantitative estimate of drug-likeness (QED) is 0.463. The van der Waals surface area contributed by atoms with Crippen molar-refractivity contribution in [2.45, 2.75) is 46.2 Å². The molecule has 6 nitrogen and oxygen atoms in total. The largest absolute Gasteiger partial charge is 0.490 e. The maximum absolute atomic E-state index is 12.3. The van der Waals surface area contributed by atoms with Crippen molar-refractivity contribution in [1.82, 2.24) is 10.2 Å². The zero-order valence-corrected chi connectivity index (χ0v) is 20.8. The minimum Gasteiger partial charge on any atom is -0.490 e. The summed E-state index contributed by atoms with van der Waals surface area (Å²) in [5.41, 5.74) is 3.00. The van der Waals surface area contributed by atoms with Gasteiger partial charge in [-0.25, -0.2) is 0 Å². The summed E-state index contributed by atoms with van der Waals surface area (Å²) in [5, 5.41) is 6.43. The third-order valence-corrected chi connectivity index (χ3v) is 6.26. The van der Waals surface area contributed by atoms with Crippen molar-refractivity contribution in [2.75, 3.05) is 38.2 Å². The van der Waals surface area contributed by atoms with E-state index in [0.29, 0.717) is 24.1 Å². The minimum absolute atomic E-state index is 0.0985. The lowest BCUT2D eigenvalue weighted by Gasteiger charge is -2.23. The summed E-state index contributed by atoms with van der Waals surface area (Å²) in [4.78, 5) is 14.9. The van der Waals surface area contributed by atoms with E-state index in [2.05, 4.69) is 38.4 Å². The lowest BCUT2D eigenvalue weighted by atomic mass is 10.1. The molecule has 7 heteroatoms. The molecule has 32 heavy (non-hydrogen) atoms. The Bertz CT molecular complexity index is 889. The molecule has 1 aliphatic rings. The van der Waals surface area contributed by atoms with Crippen LogP contribution in [0.2, 0.25) is 0 Å². The smallest absolute Gasteiger partial charge is 0.262 e. The number of likely N-dealkylation sites (N-methyl/N-ethyl adjacent to an activating group) is 1. The third kappa shape index (κ3) is 6.95. The fraction of sp³-hybridized carbons (Fsp3) is 0.480. The molecule has 0 bridgehead atoms. The van der Waals surface area contributed by atoms with Gasteiger partial charge in [0, 0.05) is 24.8 Å². The molecule has 1 heterocycles. The maximum Gasteiger partial charge on any atom is 0.262 e. The molecule has 0 spiro atoms. The van der Waals surface area contributed by atoms with Crippen LogP contribution in [0, 0.1) is 6.92 Å². The predicted molar refractivity (Wildman–Crippen MR) is 133 cm³/mol. The summed E-state index contributed by atoms with van der Waals surface area (Å²) in [6.45, 7) is 10.6. The van der Waals surface area contributed by atoms with Crippen LogP contribution in [0.1, 0.15) is 37.8 Å². The fourth-order valence-corrected chi connectivity index (χ4v) is 4.63. The van der Waals surface area contributed by atoms with Gasteiger partial charge in [-0.1, -0.05) is 24.6 Å². The highest BCUT2D eigenvalue weighted by atomic mass is 79.9. The summed E-state index contributed by atoms with van der Waals surface area (Å²) in [7, 11) is 0. The van der Waals surface area contributed by atoms with Crippen molar-refractivity contribution < 1.29 is 14.3 Å². The van der Waals surface area contributed by atoms with Gasteiger partial charge in [0.25, 0.3) is 5.91 Å². The van der Waals surface area contributed by atoms with Crippen molar-refractivity contribution in [3.05, 3.63) is 52.0 Å². The van der Waals surface area contributed by atoms with Gasteiger partial charge in [0.1, 0.15) is 0 Å². The lowest BCUT2D eigenvalue weighted by Crippen LogP contribution is -2.37. The van der Waals surface area contributed by atoms with Gasteiger partial charge < -0.3 is 20.1 Å². The summed E-state index contributed by atoms with van der Waals surface area (Å²) in [5.74, 6) is 0.964. The van der Waals surface area contributed by atoms with Crippen molar-refractivity contribution >= 4 is 27.5 Å². The first kappa shape index (κ1) is 24.6. The number of hydrogen-bond acceptors (Lipinski definition) is 5. The van der Waals surface area contributed by atoms with Crippen molar-refractivity contribution in [2.24, 2.45) is 0 Å². The van der Waals surface area contributed by atoms with E-state index < -0.39 is 0 Å². The molecule has 1 fully saturated rings. The highest BCUT2D eigenvalue weighted by Crippen LogP contribution is 2.37. The second-order valence-corrected chi connectivity index (χ2v) is 8.95. The minimum atomic E-state index is -0.217. The second kappa shape index (κ2) is 12.2. The first-order valence-electron chi connectivity index (χ1n) is 11.4. The van der Waals surface area contributed by atoms with Gasteiger partial charge in [-0.15, -0.1) is 0 Å². The zero-order valence-electron chi connectivity index (χ0n) is 19.2. The summed E-state index contributed by atoms with van der Waals surface area (Å²) in [6, 6.07) is 12.3. The number of amides is 1. The van der Waals surface area contributed by atoms with Gasteiger partial charge in [0.15, 0.2) is 18.1 Å². The lowest BCUT2D eigenvalue weighted by molar-refractivity contribution is -0.118. The van der Waals surface area contributed by atoms with Crippen LogP contribution in [-0.4, -0.2) is 49.7 Å². The SMILES string of the molecule is CCOc1cc(CNC[C@H]2CCCN2CC)cc(Br)c1OCC(=O)Nc1ccc(C)cc1. The number of benzene rings is 2. The standard InChI is InChI=1S/C25H34BrN3O3/c1-4-29-12-6-7-21(29)16-27-15-19-13-22(26)25(23(14-19)31-5-2)32-17-24(30)28-20-10-8-18(3)9-11-20/h8-11,13-14,21,27H,4-7,12,15-17H2,1-3H3,(H,28,30)/t21-/m1/s1. The first-order chi connectivity index (χ1) is 15.5. The number of carbonyl (C=O) groups is 1. The van der Waals surface area contributed by atoms with Gasteiger partial charge in [-0.05, 0) is 85.5 Å². The van der Waals surface area contributed by atoms with Crippen LogP contribution >= 0.6 is 15.9 Å². The molecular weight excluding hydrogens is 470 g/mol. The molecule has 1 aliphatic heterocycles. The Morgan fingerprint density at radius 3 is 2.69 bits per heavy atom. The molecule has 0 aliphatic carbocycles. The molecule has 174 valence electrons. The molecule has 1 saturated heterocycles. The number of halogens is 1. The number of ether oxygens (including phenoxy) is 2. The number of nitrogens with zero attached hydrogens (tertiary/aromatic N) is 1. The Balaban J connectivity index is 1.58. The van der Waals surface area contributed by atoms with Crippen molar-refractivity contribution in [3.63, 3.8) is 0 Å². The zero-order chi connectivity index (χ0) is 22.9. The Morgan fingerprint density at radius 1 is 1.19 bits per heavy atom. The predicted octanol–water partition coefficient (Wildman–Crippen LogP) is 4.75. The molecule has 0 saturated carbocycles. The van der Waals surface area contributed by atoms with Crippen LogP contribution in [0.4, 0.5) is 5.69 Å². The van der Waals surface area contributed by atoms with Crippen LogP contribution in [0.5, 0.6) is 11.5 Å². The number of likely N-dealkylation sites (tertiary alicyclic amines) is 1. The van der Waals surface area contributed by atoms with E-state index in [1.807, 2.05) is 50.2 Å². The average Bonchev–Trinajstić information content (AvgIpc) is 3.22. The molecular formula is C25H34BrN3O3. The molecule has 1 amide bonds. The van der Waals surface area contributed by atoms with E-state index in [0.717, 1.165) is 40.9 Å². The monoisotopic (exact) mass is 503 g/mol. The average molecular weight is 504 g/mol. The van der Waals surface area contributed by atoms with Crippen molar-refractivity contribution in [3.8, 4) is 11.5 Å². The first-order valence-corrected chi connectivity index (χ1v) is 12.2. The summed E-state index contributed by atoms with van der Waals surface area (Å²) < 4.78 is 12.4. The summed E-state index contributed by atoms with van der Waals surface area (Å²) in [6.07, 6.45) is 2.54. The maximum atomic E-state index is 12.3. The fourth-order valence-electron chi connectivity index (χ4n) is 4.02. The van der Waals surface area contributed by atoms with Gasteiger partial charge >= 0.3 is 0 Å². The van der Waals surface area contributed by atoms with Crippen LogP contribution < -0.4 is 20.1 Å². The van der Waals surface area contributed by atoms with Gasteiger partial charge in [0.05, 0.1) is 11.1 Å². The molecule has 3 rings (SSSR count). The number of nitrogens with one attached hydrogen (secondary N) is 2. The topological polar surface area (TPSA) is 62.8 Å². The molecule has 2 aromatic carbocycles. The van der Waals surface area contributed by atoms with E-state index in [-0.39, 0.29) is 12.5 Å². The third-order valence-electron chi connectivity index (χ3n) is 5.67. The molecule has 0 unspecified atom stereocenters. The molecule has 0 radical (unpaired) electrons. The van der Waals surface area contributed by atoms with E-state index in [9.17, 15) is 4.79 Å². The van der Waals surface area contributed by atoms with Crippen LogP contribution in [0.15, 0.2) is 40.9 Å². The van der Waals surface area contributed by atoms with Gasteiger partial charge in [-0.3, -0.25) is 9.69 Å². The molecule has 0 aromatic heterocycles. The van der Waals surface area contributed by atoms with E-state index in [1.54, 1.807) is 0 Å². The number of anilines is 1. The Labute approximate surface area is 199 Å². The Kier molecular flexibility index (Phi) is 9.38. The van der Waals surface area contributed by atoms with Crippen LogP contribution in [-0.2, 0) is 11.3 Å². The van der Waals surface area contributed by atoms with Gasteiger partial charge in [-0.2, -0.15) is 0 Å². The van der Waals surface area contributed by atoms with E-state index in [4.69, 9.17) is 9.47 Å². The molecule has 2 aromatic rings. The number of hydrogen-bond donors (Lipinski definition) is 2. The number of aryl methyl sites for hydroxylation is 1.